The molecule has 3 rings (SSSR count). The van der Waals surface area contributed by atoms with Crippen LogP contribution in [0.25, 0.3) is 6.08 Å². The molecule has 31 heavy (non-hydrogen) atoms. The number of benzene rings is 3. The normalized spacial score (nSPS) is 11.4. The Labute approximate surface area is 176 Å². The third-order valence-electron chi connectivity index (χ3n) is 4.03. The number of anilines is 2. The molecule has 0 radical (unpaired) electrons. The zero-order chi connectivity index (χ0) is 22.6. The molecule has 0 saturated carbocycles. The van der Waals surface area contributed by atoms with Crippen LogP contribution in [0, 0.1) is 11.6 Å². The van der Waals surface area contributed by atoms with E-state index in [0.717, 1.165) is 18.2 Å². The van der Waals surface area contributed by atoms with Gasteiger partial charge in [-0.1, -0.05) is 6.07 Å². The van der Waals surface area contributed by atoms with Crippen molar-refractivity contribution in [3.05, 3.63) is 83.9 Å². The second-order valence-corrected chi connectivity index (χ2v) is 8.01. The van der Waals surface area contributed by atoms with E-state index in [1.165, 1.54) is 54.6 Å². The molecule has 0 aliphatic heterocycles. The van der Waals surface area contributed by atoms with Crippen LogP contribution in [0.5, 0.6) is 11.5 Å². The molecule has 0 aromatic heterocycles. The van der Waals surface area contributed by atoms with Crippen molar-refractivity contribution < 1.29 is 32.2 Å². The summed E-state index contributed by atoms with van der Waals surface area (Å²) in [6, 6.07) is 11.9. The molecule has 0 unspecified atom stereocenters. The van der Waals surface area contributed by atoms with Gasteiger partial charge in [0, 0.05) is 17.8 Å². The van der Waals surface area contributed by atoms with Crippen LogP contribution in [0.1, 0.15) is 5.56 Å². The van der Waals surface area contributed by atoms with E-state index < -0.39 is 27.6 Å². The van der Waals surface area contributed by atoms with Crippen molar-refractivity contribution in [2.45, 2.75) is 4.90 Å². The molecule has 10 heteroatoms. The zero-order valence-corrected chi connectivity index (χ0v) is 16.5. The van der Waals surface area contributed by atoms with Crippen molar-refractivity contribution in [2.75, 3.05) is 10.0 Å². The summed E-state index contributed by atoms with van der Waals surface area (Å²) in [5, 5.41) is 21.2. The van der Waals surface area contributed by atoms with Crippen molar-refractivity contribution in [3.8, 4) is 11.5 Å². The van der Waals surface area contributed by atoms with E-state index >= 15 is 0 Å². The van der Waals surface area contributed by atoms with Gasteiger partial charge in [-0.15, -0.1) is 0 Å². The van der Waals surface area contributed by atoms with Gasteiger partial charge in [-0.05, 0) is 60.2 Å². The highest BCUT2D eigenvalue weighted by Crippen LogP contribution is 2.25. The molecule has 0 spiro atoms. The van der Waals surface area contributed by atoms with E-state index in [0.29, 0.717) is 11.3 Å². The van der Waals surface area contributed by atoms with Crippen molar-refractivity contribution in [2.24, 2.45) is 0 Å². The van der Waals surface area contributed by atoms with Crippen molar-refractivity contribution in [3.63, 3.8) is 0 Å². The summed E-state index contributed by atoms with van der Waals surface area (Å²) in [5.74, 6) is -3.40. The van der Waals surface area contributed by atoms with E-state index in [1.54, 1.807) is 0 Å². The van der Waals surface area contributed by atoms with E-state index in [4.69, 9.17) is 0 Å². The highest BCUT2D eigenvalue weighted by Gasteiger charge is 2.15. The molecule has 4 N–H and O–H groups in total. The number of carbonyl (C=O) groups excluding carboxylic acids is 1. The van der Waals surface area contributed by atoms with Crippen molar-refractivity contribution >= 4 is 33.4 Å². The Bertz CT molecular complexity index is 1260. The van der Waals surface area contributed by atoms with Crippen LogP contribution >= 0.6 is 0 Å². The molecule has 0 aliphatic rings. The summed E-state index contributed by atoms with van der Waals surface area (Å²) in [7, 11) is -4.05. The molecular formula is C21H16F2N2O5S. The molecule has 160 valence electrons. The fraction of sp³-hybridized carbons (Fsp3) is 0. The topological polar surface area (TPSA) is 116 Å². The van der Waals surface area contributed by atoms with Gasteiger partial charge in [-0.25, -0.2) is 17.2 Å². The Morgan fingerprint density at radius 2 is 1.52 bits per heavy atom. The number of aromatic hydroxyl groups is 2. The van der Waals surface area contributed by atoms with E-state index in [2.05, 4.69) is 10.0 Å². The summed E-state index contributed by atoms with van der Waals surface area (Å²) in [6.07, 6.45) is 2.61. The van der Waals surface area contributed by atoms with Gasteiger partial charge in [0.2, 0.25) is 5.91 Å². The average molecular weight is 446 g/mol. The number of hydrogen-bond acceptors (Lipinski definition) is 5. The SMILES string of the molecule is O=C(/C=C/c1ccc(O)c(O)c1)Nc1ccc(S(=O)(=O)Nc2ccc(F)c(F)c2)cc1. The predicted octanol–water partition coefficient (Wildman–Crippen LogP) is 3.83. The first kappa shape index (κ1) is 21.8. The molecular weight excluding hydrogens is 430 g/mol. The highest BCUT2D eigenvalue weighted by atomic mass is 32.2. The molecule has 3 aromatic rings. The zero-order valence-electron chi connectivity index (χ0n) is 15.7. The van der Waals surface area contributed by atoms with Gasteiger partial charge in [0.25, 0.3) is 10.0 Å². The molecule has 0 bridgehead atoms. The lowest BCUT2D eigenvalue weighted by atomic mass is 10.2. The second kappa shape index (κ2) is 8.84. The molecule has 0 saturated heterocycles. The summed E-state index contributed by atoms with van der Waals surface area (Å²) in [4.78, 5) is 11.9. The third kappa shape index (κ3) is 5.58. The molecule has 3 aromatic carbocycles. The monoisotopic (exact) mass is 446 g/mol. The number of hydrogen-bond donors (Lipinski definition) is 4. The summed E-state index contributed by atoms with van der Waals surface area (Å²) < 4.78 is 53.1. The van der Waals surface area contributed by atoms with Crippen LogP contribution in [0.2, 0.25) is 0 Å². The van der Waals surface area contributed by atoms with Gasteiger partial charge in [0.1, 0.15) is 0 Å². The maximum atomic E-state index is 13.3. The smallest absolute Gasteiger partial charge is 0.261 e. The van der Waals surface area contributed by atoms with Gasteiger partial charge in [-0.2, -0.15) is 0 Å². The number of rotatable bonds is 6. The number of halogens is 2. The summed E-state index contributed by atoms with van der Waals surface area (Å²) in [5.41, 5.74) is 0.659. The number of phenols is 2. The number of amides is 1. The molecule has 0 fully saturated rings. The van der Waals surface area contributed by atoms with Crippen LogP contribution in [-0.2, 0) is 14.8 Å². The largest absolute Gasteiger partial charge is 0.504 e. The highest BCUT2D eigenvalue weighted by molar-refractivity contribution is 7.92. The lowest BCUT2D eigenvalue weighted by molar-refractivity contribution is -0.111. The minimum absolute atomic E-state index is 0.137. The van der Waals surface area contributed by atoms with Crippen LogP contribution in [0.4, 0.5) is 20.2 Å². The van der Waals surface area contributed by atoms with E-state index in [1.807, 2.05) is 0 Å². The fourth-order valence-corrected chi connectivity index (χ4v) is 3.54. The quantitative estimate of drug-likeness (QED) is 0.339. The fourth-order valence-electron chi connectivity index (χ4n) is 2.49. The molecule has 7 nitrogen and oxygen atoms in total. The minimum atomic E-state index is -4.05. The first-order valence-corrected chi connectivity index (χ1v) is 10.2. The maximum absolute atomic E-state index is 13.3. The van der Waals surface area contributed by atoms with E-state index in [-0.39, 0.29) is 22.1 Å². The standard InChI is InChI=1S/C21H16F2N2O5S/c22-17-8-5-15(12-18(17)23)25-31(29,30)16-6-3-14(4-7-16)24-21(28)10-2-13-1-9-19(26)20(27)11-13/h1-12,25-27H,(H,24,28)/b10-2+. The Morgan fingerprint density at radius 1 is 0.839 bits per heavy atom. The van der Waals surface area contributed by atoms with E-state index in [9.17, 15) is 32.2 Å². The number of phenolic OH excluding ortho intramolecular Hbond substituents is 2. The van der Waals surface area contributed by atoms with Gasteiger partial charge < -0.3 is 15.5 Å². The molecule has 0 heterocycles. The number of carbonyl (C=O) groups is 1. The number of sulfonamides is 1. The minimum Gasteiger partial charge on any atom is -0.504 e. The van der Waals surface area contributed by atoms with Gasteiger partial charge >= 0.3 is 0 Å². The van der Waals surface area contributed by atoms with Gasteiger partial charge in [0.15, 0.2) is 23.1 Å². The van der Waals surface area contributed by atoms with Gasteiger partial charge in [-0.3, -0.25) is 9.52 Å². The maximum Gasteiger partial charge on any atom is 0.261 e. The second-order valence-electron chi connectivity index (χ2n) is 6.33. The molecule has 0 aliphatic carbocycles. The van der Waals surface area contributed by atoms with Gasteiger partial charge in [0.05, 0.1) is 10.6 Å². The van der Waals surface area contributed by atoms with Crippen molar-refractivity contribution in [1.82, 2.24) is 0 Å². The first-order valence-electron chi connectivity index (χ1n) is 8.73. The lowest BCUT2D eigenvalue weighted by Crippen LogP contribution is -2.13. The Morgan fingerprint density at radius 3 is 2.16 bits per heavy atom. The summed E-state index contributed by atoms with van der Waals surface area (Å²) >= 11 is 0. The lowest BCUT2D eigenvalue weighted by Gasteiger charge is -2.09. The average Bonchev–Trinajstić information content (AvgIpc) is 2.72. The first-order chi connectivity index (χ1) is 14.6. The van der Waals surface area contributed by atoms with Crippen LogP contribution < -0.4 is 10.0 Å². The van der Waals surface area contributed by atoms with Crippen LogP contribution in [0.15, 0.2) is 71.6 Å². The molecule has 1 amide bonds. The van der Waals surface area contributed by atoms with Crippen LogP contribution in [-0.4, -0.2) is 24.5 Å². The number of nitrogens with one attached hydrogen (secondary N) is 2. The summed E-state index contributed by atoms with van der Waals surface area (Å²) in [6.45, 7) is 0. The Kier molecular flexibility index (Phi) is 6.21. The third-order valence-corrected chi connectivity index (χ3v) is 5.43. The van der Waals surface area contributed by atoms with Crippen LogP contribution in [0.3, 0.4) is 0 Å². The predicted molar refractivity (Wildman–Crippen MR) is 111 cm³/mol. The Balaban J connectivity index is 1.66. The van der Waals surface area contributed by atoms with Crippen molar-refractivity contribution in [1.29, 1.82) is 0 Å². The molecule has 0 atom stereocenters. The Hall–Kier alpha value is -3.92.